The van der Waals surface area contributed by atoms with Gasteiger partial charge in [-0.2, -0.15) is 4.98 Å². The molecule has 2 heterocycles. The Kier molecular flexibility index (Phi) is 8.20. The van der Waals surface area contributed by atoms with Gasteiger partial charge in [0.2, 0.25) is 5.95 Å². The molecule has 14 heteroatoms. The Bertz CT molecular complexity index is 822. The molecular weight excluding hydrogens is 425 g/mol. The topological polar surface area (TPSA) is 179 Å². The molecule has 1 aromatic rings. The van der Waals surface area contributed by atoms with E-state index in [1.165, 1.54) is 29.6 Å². The molecule has 1 aliphatic heterocycles. The fourth-order valence-corrected chi connectivity index (χ4v) is 5.03. The summed E-state index contributed by atoms with van der Waals surface area (Å²) in [4.78, 5) is 41.0. The highest BCUT2D eigenvalue weighted by atomic mass is 32.2. The summed E-state index contributed by atoms with van der Waals surface area (Å²) in [5.74, 6) is -0.686. The Morgan fingerprint density at radius 1 is 1.52 bits per heavy atom. The molecule has 0 radical (unpaired) electrons. The number of ether oxygens (including phenoxy) is 1. The minimum absolute atomic E-state index is 0.135. The smallest absolute Gasteiger partial charge is 0.403 e. The van der Waals surface area contributed by atoms with Crippen LogP contribution in [-0.2, 0) is 18.6 Å². The highest BCUT2D eigenvalue weighted by molar-refractivity contribution is 8.00. The van der Waals surface area contributed by atoms with E-state index in [1.54, 1.807) is 0 Å². The van der Waals surface area contributed by atoms with Crippen LogP contribution in [0.2, 0.25) is 0 Å². The van der Waals surface area contributed by atoms with Crippen molar-refractivity contribution in [2.45, 2.75) is 50.0 Å². The van der Waals surface area contributed by atoms with Crippen LogP contribution in [0.5, 0.6) is 0 Å². The molecule has 0 aromatic carbocycles. The van der Waals surface area contributed by atoms with E-state index in [1.807, 2.05) is 13.8 Å². The van der Waals surface area contributed by atoms with Crippen LogP contribution in [0.25, 0.3) is 0 Å². The van der Waals surface area contributed by atoms with Gasteiger partial charge >= 0.3 is 19.4 Å². The minimum atomic E-state index is -4.32. The van der Waals surface area contributed by atoms with Gasteiger partial charge in [-0.1, -0.05) is 13.8 Å². The first-order valence-corrected chi connectivity index (χ1v) is 11.5. The second kappa shape index (κ2) is 10.0. The van der Waals surface area contributed by atoms with Crippen LogP contribution < -0.4 is 16.5 Å². The van der Waals surface area contributed by atoms with E-state index in [2.05, 4.69) is 15.1 Å². The predicted molar refractivity (Wildman–Crippen MR) is 106 cm³/mol. The number of nitrogens with one attached hydrogen (secondary N) is 1. The van der Waals surface area contributed by atoms with Gasteiger partial charge in [-0.25, -0.2) is 19.4 Å². The normalized spacial score (nSPS) is 25.0. The maximum atomic E-state index is 12.2. The van der Waals surface area contributed by atoms with Crippen molar-refractivity contribution in [1.82, 2.24) is 19.6 Å². The van der Waals surface area contributed by atoms with Gasteiger partial charge in [0.15, 0.2) is 0 Å². The number of anilines is 1. The third-order valence-corrected chi connectivity index (χ3v) is 6.69. The molecule has 2 unspecified atom stereocenters. The van der Waals surface area contributed by atoms with Gasteiger partial charge in [-0.05, 0) is 12.8 Å². The molecule has 1 fully saturated rings. The Hall–Kier alpha value is -1.50. The highest BCUT2D eigenvalue weighted by Crippen LogP contribution is 2.44. The molecule has 0 bridgehead atoms. The van der Waals surface area contributed by atoms with E-state index in [0.29, 0.717) is 0 Å². The van der Waals surface area contributed by atoms with Crippen molar-refractivity contribution < 1.29 is 28.6 Å². The number of nitrogens with zero attached hydrogens (tertiary/aromatic N) is 3. The third kappa shape index (κ3) is 7.05. The number of nitrogens with two attached hydrogens (primary N) is 1. The number of carbonyl (C=O) groups is 1. The van der Waals surface area contributed by atoms with Gasteiger partial charge < -0.3 is 20.5 Å². The van der Waals surface area contributed by atoms with E-state index in [9.17, 15) is 24.2 Å². The predicted octanol–water partition coefficient (Wildman–Crippen LogP) is -0.120. The monoisotopic (exact) mass is 451 g/mol. The molecule has 0 spiro atoms. The summed E-state index contributed by atoms with van der Waals surface area (Å²) in [5, 5.41) is 11.4. The molecule has 1 aromatic heterocycles. The van der Waals surface area contributed by atoms with E-state index in [4.69, 9.17) is 15.0 Å². The molecular formula is C15H26N5O7PS. The summed E-state index contributed by atoms with van der Waals surface area (Å²) < 4.78 is 23.5. The van der Waals surface area contributed by atoms with E-state index in [-0.39, 0.29) is 31.5 Å². The standard InChI is InChI=1S/C15H26N5O7PS/c1-8(2)5-26-13(22)9(3)19-28(24,25)27-6-11-10(21)4-12(29-11)20-7-17-14(16)18-15(20)23/h7-12,21H,4-6H2,1-3H3,(H2,16,18,23)(H2,19,24,25)/t9-,10+,11?,12+/m0/s1. The number of esters is 1. The Balaban J connectivity index is 1.88. The van der Waals surface area contributed by atoms with Crippen LogP contribution >= 0.6 is 19.5 Å². The van der Waals surface area contributed by atoms with Crippen molar-refractivity contribution in [3.8, 4) is 0 Å². The molecule has 2 rings (SSSR count). The molecule has 5 N–H and O–H groups in total. The Labute approximate surface area is 171 Å². The molecule has 0 amide bonds. The van der Waals surface area contributed by atoms with Crippen molar-refractivity contribution in [1.29, 1.82) is 0 Å². The number of thioether (sulfide) groups is 1. The molecule has 12 nitrogen and oxygen atoms in total. The highest BCUT2D eigenvalue weighted by Gasteiger charge is 2.37. The fraction of sp³-hybridized carbons (Fsp3) is 0.733. The zero-order valence-corrected chi connectivity index (χ0v) is 18.0. The molecule has 164 valence electrons. The summed E-state index contributed by atoms with van der Waals surface area (Å²) >= 11 is 1.18. The average molecular weight is 451 g/mol. The number of nitrogen functional groups attached to an aromatic ring is 1. The average Bonchev–Trinajstić information content (AvgIpc) is 2.98. The van der Waals surface area contributed by atoms with Crippen LogP contribution in [0.3, 0.4) is 0 Å². The van der Waals surface area contributed by atoms with Gasteiger partial charge in [0.05, 0.1) is 29.9 Å². The number of carbonyl (C=O) groups excluding carboxylic acids is 1. The van der Waals surface area contributed by atoms with E-state index >= 15 is 0 Å². The first-order valence-electron chi connectivity index (χ1n) is 8.94. The summed E-state index contributed by atoms with van der Waals surface area (Å²) in [6, 6.07) is -1.05. The van der Waals surface area contributed by atoms with Gasteiger partial charge in [0.1, 0.15) is 12.4 Å². The Morgan fingerprint density at radius 3 is 2.83 bits per heavy atom. The maximum Gasteiger partial charge on any atom is 0.403 e. The third-order valence-electron chi connectivity index (χ3n) is 3.94. The van der Waals surface area contributed by atoms with Crippen molar-refractivity contribution in [2.75, 3.05) is 18.9 Å². The van der Waals surface area contributed by atoms with Crippen LogP contribution in [0, 0.1) is 5.92 Å². The SMILES string of the molecule is CC(C)COC(=O)[C@H](C)NP(=O)(O)OCC1S[C@@H](n2cnc(N)nc2=O)C[C@H]1O. The lowest BCUT2D eigenvalue weighted by molar-refractivity contribution is -0.146. The van der Waals surface area contributed by atoms with Crippen molar-refractivity contribution in [3.05, 3.63) is 16.8 Å². The molecule has 1 aliphatic rings. The zero-order valence-electron chi connectivity index (χ0n) is 16.3. The van der Waals surface area contributed by atoms with Crippen LogP contribution in [-0.4, -0.2) is 61.1 Å². The number of aliphatic hydroxyl groups is 1. The van der Waals surface area contributed by atoms with Crippen LogP contribution in [0.1, 0.15) is 32.6 Å². The number of aliphatic hydroxyl groups excluding tert-OH is 1. The quantitative estimate of drug-likeness (QED) is 0.289. The van der Waals surface area contributed by atoms with Gasteiger partial charge in [0.25, 0.3) is 0 Å². The molecule has 0 aliphatic carbocycles. The molecule has 5 atom stereocenters. The maximum absolute atomic E-state index is 12.2. The van der Waals surface area contributed by atoms with Crippen molar-refractivity contribution >= 4 is 31.4 Å². The van der Waals surface area contributed by atoms with Crippen LogP contribution in [0.4, 0.5) is 5.95 Å². The van der Waals surface area contributed by atoms with E-state index < -0.39 is 42.2 Å². The number of hydrogen-bond acceptors (Lipinski definition) is 10. The van der Waals surface area contributed by atoms with Gasteiger partial charge in [-0.3, -0.25) is 13.9 Å². The van der Waals surface area contributed by atoms with Crippen molar-refractivity contribution in [3.63, 3.8) is 0 Å². The summed E-state index contributed by atoms with van der Waals surface area (Å²) in [6.07, 6.45) is 0.552. The number of aromatic nitrogens is 3. The minimum Gasteiger partial charge on any atom is -0.464 e. The second-order valence-corrected chi connectivity index (χ2v) is 10.0. The first-order chi connectivity index (χ1) is 13.5. The number of hydrogen-bond donors (Lipinski definition) is 4. The van der Waals surface area contributed by atoms with Gasteiger partial charge in [-0.15, -0.1) is 11.8 Å². The zero-order chi connectivity index (χ0) is 21.8. The fourth-order valence-electron chi connectivity index (χ4n) is 2.47. The lowest BCUT2D eigenvalue weighted by Crippen LogP contribution is -2.35. The second-order valence-electron chi connectivity index (χ2n) is 7.03. The summed E-state index contributed by atoms with van der Waals surface area (Å²) in [7, 11) is -4.32. The van der Waals surface area contributed by atoms with Gasteiger partial charge in [0, 0.05) is 6.42 Å². The molecule has 1 saturated heterocycles. The van der Waals surface area contributed by atoms with Crippen LogP contribution in [0.15, 0.2) is 11.1 Å². The lowest BCUT2D eigenvalue weighted by atomic mass is 10.2. The first kappa shape index (κ1) is 23.8. The lowest BCUT2D eigenvalue weighted by Gasteiger charge is -2.20. The molecule has 0 saturated carbocycles. The number of rotatable bonds is 9. The molecule has 29 heavy (non-hydrogen) atoms. The Morgan fingerprint density at radius 2 is 2.21 bits per heavy atom. The largest absolute Gasteiger partial charge is 0.464 e. The summed E-state index contributed by atoms with van der Waals surface area (Å²) in [5.41, 5.74) is 4.76. The summed E-state index contributed by atoms with van der Waals surface area (Å²) in [6.45, 7) is 5.04. The van der Waals surface area contributed by atoms with E-state index in [0.717, 1.165) is 0 Å². The van der Waals surface area contributed by atoms with Crippen molar-refractivity contribution in [2.24, 2.45) is 5.92 Å².